The summed E-state index contributed by atoms with van der Waals surface area (Å²) in [6, 6.07) is 13.7. The third-order valence-corrected chi connectivity index (χ3v) is 2.99. The third kappa shape index (κ3) is 4.17. The SMILES string of the molecule is O=C(NCCc1ccccc1O)Nc1cccc(Cl)c1. The fourth-order valence-electron chi connectivity index (χ4n) is 1.77. The molecule has 0 heterocycles. The van der Waals surface area contributed by atoms with Crippen molar-refractivity contribution in [2.24, 2.45) is 0 Å². The fourth-order valence-corrected chi connectivity index (χ4v) is 1.96. The summed E-state index contributed by atoms with van der Waals surface area (Å²) in [6.07, 6.45) is 0.565. The van der Waals surface area contributed by atoms with Crippen LogP contribution in [-0.2, 0) is 6.42 Å². The Balaban J connectivity index is 1.80. The third-order valence-electron chi connectivity index (χ3n) is 2.75. The van der Waals surface area contributed by atoms with Crippen LogP contribution in [0.4, 0.5) is 10.5 Å². The summed E-state index contributed by atoms with van der Waals surface area (Å²) in [5.74, 6) is 0.240. The number of aromatic hydroxyl groups is 1. The van der Waals surface area contributed by atoms with Crippen molar-refractivity contribution in [3.8, 4) is 5.75 Å². The van der Waals surface area contributed by atoms with E-state index < -0.39 is 0 Å². The standard InChI is InChI=1S/C15H15ClN2O2/c16-12-5-3-6-13(10-12)18-15(20)17-9-8-11-4-1-2-7-14(11)19/h1-7,10,19H,8-9H2,(H2,17,18,20). The van der Waals surface area contributed by atoms with Gasteiger partial charge in [-0.25, -0.2) is 4.79 Å². The largest absolute Gasteiger partial charge is 0.508 e. The normalized spacial score (nSPS) is 10.1. The van der Waals surface area contributed by atoms with E-state index in [9.17, 15) is 9.90 Å². The van der Waals surface area contributed by atoms with Gasteiger partial charge in [0.1, 0.15) is 5.75 Å². The number of urea groups is 1. The van der Waals surface area contributed by atoms with Gasteiger partial charge in [-0.3, -0.25) is 0 Å². The van der Waals surface area contributed by atoms with Gasteiger partial charge in [-0.05, 0) is 36.2 Å². The highest BCUT2D eigenvalue weighted by molar-refractivity contribution is 6.30. The van der Waals surface area contributed by atoms with Crippen LogP contribution in [0, 0.1) is 0 Å². The first kappa shape index (κ1) is 14.2. The number of carbonyl (C=O) groups is 1. The summed E-state index contributed by atoms with van der Waals surface area (Å²) < 4.78 is 0. The van der Waals surface area contributed by atoms with Crippen molar-refractivity contribution in [1.82, 2.24) is 5.32 Å². The first-order valence-corrected chi connectivity index (χ1v) is 6.60. The average Bonchev–Trinajstić information content (AvgIpc) is 2.41. The maximum atomic E-state index is 11.7. The topological polar surface area (TPSA) is 61.4 Å². The Morgan fingerprint density at radius 3 is 2.70 bits per heavy atom. The molecular weight excluding hydrogens is 276 g/mol. The zero-order chi connectivity index (χ0) is 14.4. The number of phenolic OH excluding ortho intramolecular Hbond substituents is 1. The summed E-state index contributed by atoms with van der Waals surface area (Å²) >= 11 is 5.83. The second-order valence-corrected chi connectivity index (χ2v) is 4.71. The van der Waals surface area contributed by atoms with Crippen molar-refractivity contribution in [3.63, 3.8) is 0 Å². The summed E-state index contributed by atoms with van der Waals surface area (Å²) in [4.78, 5) is 11.7. The zero-order valence-corrected chi connectivity index (χ0v) is 11.5. The summed E-state index contributed by atoms with van der Waals surface area (Å²) in [6.45, 7) is 0.434. The van der Waals surface area contributed by atoms with Crippen LogP contribution in [0.3, 0.4) is 0 Å². The van der Waals surface area contributed by atoms with Crippen LogP contribution in [-0.4, -0.2) is 17.7 Å². The minimum atomic E-state index is -0.303. The number of hydrogen-bond donors (Lipinski definition) is 3. The molecule has 2 aromatic carbocycles. The monoisotopic (exact) mass is 290 g/mol. The van der Waals surface area contributed by atoms with Crippen molar-refractivity contribution in [2.75, 3.05) is 11.9 Å². The van der Waals surface area contributed by atoms with Crippen LogP contribution < -0.4 is 10.6 Å². The molecule has 0 atom stereocenters. The Labute approximate surface area is 122 Å². The molecule has 0 saturated carbocycles. The highest BCUT2D eigenvalue weighted by atomic mass is 35.5. The molecule has 2 aromatic rings. The van der Waals surface area contributed by atoms with Crippen LogP contribution >= 0.6 is 11.6 Å². The molecule has 0 saturated heterocycles. The van der Waals surface area contributed by atoms with Crippen LogP contribution in [0.2, 0.25) is 5.02 Å². The lowest BCUT2D eigenvalue weighted by molar-refractivity contribution is 0.252. The molecule has 5 heteroatoms. The highest BCUT2D eigenvalue weighted by Crippen LogP contribution is 2.16. The zero-order valence-electron chi connectivity index (χ0n) is 10.8. The Morgan fingerprint density at radius 2 is 1.95 bits per heavy atom. The van der Waals surface area contributed by atoms with Crippen LogP contribution in [0.5, 0.6) is 5.75 Å². The van der Waals surface area contributed by atoms with Gasteiger partial charge in [0.2, 0.25) is 0 Å². The number of phenols is 1. The number of carbonyl (C=O) groups excluding carboxylic acids is 1. The maximum absolute atomic E-state index is 11.7. The lowest BCUT2D eigenvalue weighted by atomic mass is 10.1. The van der Waals surface area contributed by atoms with E-state index in [0.717, 1.165) is 5.56 Å². The van der Waals surface area contributed by atoms with Gasteiger partial charge in [0.15, 0.2) is 0 Å². The van der Waals surface area contributed by atoms with Gasteiger partial charge in [-0.1, -0.05) is 35.9 Å². The van der Waals surface area contributed by atoms with E-state index in [1.807, 2.05) is 12.1 Å². The first-order valence-electron chi connectivity index (χ1n) is 6.22. The van der Waals surface area contributed by atoms with Crippen molar-refractivity contribution >= 4 is 23.3 Å². The molecule has 0 aromatic heterocycles. The molecule has 104 valence electrons. The van der Waals surface area contributed by atoms with Gasteiger partial charge >= 0.3 is 6.03 Å². The quantitative estimate of drug-likeness (QED) is 0.808. The smallest absolute Gasteiger partial charge is 0.319 e. The lowest BCUT2D eigenvalue weighted by Crippen LogP contribution is -2.30. The number of para-hydroxylation sites is 1. The maximum Gasteiger partial charge on any atom is 0.319 e. The molecule has 0 aliphatic carbocycles. The molecule has 4 nitrogen and oxygen atoms in total. The van der Waals surface area contributed by atoms with E-state index in [0.29, 0.717) is 23.7 Å². The number of anilines is 1. The minimum Gasteiger partial charge on any atom is -0.508 e. The van der Waals surface area contributed by atoms with E-state index in [1.165, 1.54) is 0 Å². The number of benzene rings is 2. The molecule has 2 rings (SSSR count). The molecule has 2 amide bonds. The number of amides is 2. The van der Waals surface area contributed by atoms with Crippen LogP contribution in [0.15, 0.2) is 48.5 Å². The van der Waals surface area contributed by atoms with Crippen molar-refractivity contribution < 1.29 is 9.90 Å². The molecular formula is C15H15ClN2O2. The second-order valence-electron chi connectivity index (χ2n) is 4.27. The van der Waals surface area contributed by atoms with E-state index in [-0.39, 0.29) is 11.8 Å². The Bertz CT molecular complexity index is 602. The molecule has 3 N–H and O–H groups in total. The predicted molar refractivity (Wildman–Crippen MR) is 80.3 cm³/mol. The van der Waals surface area contributed by atoms with Crippen molar-refractivity contribution in [2.45, 2.75) is 6.42 Å². The van der Waals surface area contributed by atoms with E-state index >= 15 is 0 Å². The second kappa shape index (κ2) is 6.82. The summed E-state index contributed by atoms with van der Waals surface area (Å²) in [7, 11) is 0. The predicted octanol–water partition coefficient (Wildman–Crippen LogP) is 3.41. The Morgan fingerprint density at radius 1 is 1.15 bits per heavy atom. The average molecular weight is 291 g/mol. The molecule has 0 spiro atoms. The van der Waals surface area contributed by atoms with Crippen molar-refractivity contribution in [3.05, 3.63) is 59.1 Å². The number of halogens is 1. The van der Waals surface area contributed by atoms with Gasteiger partial charge < -0.3 is 15.7 Å². The van der Waals surface area contributed by atoms with Gasteiger partial charge in [0.05, 0.1) is 0 Å². The lowest BCUT2D eigenvalue weighted by Gasteiger charge is -2.08. The Hall–Kier alpha value is -2.20. The molecule has 0 radical (unpaired) electrons. The van der Waals surface area contributed by atoms with Crippen LogP contribution in [0.1, 0.15) is 5.56 Å². The van der Waals surface area contributed by atoms with Crippen molar-refractivity contribution in [1.29, 1.82) is 0 Å². The van der Waals surface area contributed by atoms with Gasteiger partial charge in [-0.2, -0.15) is 0 Å². The molecule has 0 aliphatic rings. The number of nitrogens with one attached hydrogen (secondary N) is 2. The Kier molecular flexibility index (Phi) is 4.85. The summed E-state index contributed by atoms with van der Waals surface area (Å²) in [5, 5.41) is 15.6. The molecule has 0 fully saturated rings. The van der Waals surface area contributed by atoms with Gasteiger partial charge in [-0.15, -0.1) is 0 Å². The fraction of sp³-hybridized carbons (Fsp3) is 0.133. The van der Waals surface area contributed by atoms with E-state index in [4.69, 9.17) is 11.6 Å². The van der Waals surface area contributed by atoms with Gasteiger partial charge in [0.25, 0.3) is 0 Å². The van der Waals surface area contributed by atoms with E-state index in [2.05, 4.69) is 10.6 Å². The first-order chi connectivity index (χ1) is 9.65. The summed E-state index contributed by atoms with van der Waals surface area (Å²) in [5.41, 5.74) is 1.44. The number of rotatable bonds is 4. The number of hydrogen-bond acceptors (Lipinski definition) is 2. The molecule has 0 bridgehead atoms. The molecule has 20 heavy (non-hydrogen) atoms. The molecule has 0 aliphatic heterocycles. The highest BCUT2D eigenvalue weighted by Gasteiger charge is 2.03. The van der Waals surface area contributed by atoms with Crippen LogP contribution in [0.25, 0.3) is 0 Å². The van der Waals surface area contributed by atoms with E-state index in [1.54, 1.807) is 36.4 Å². The minimum absolute atomic E-state index is 0.240. The molecule has 0 unspecified atom stereocenters. The van der Waals surface area contributed by atoms with Gasteiger partial charge in [0, 0.05) is 17.3 Å².